The average Bonchev–Trinajstić information content (AvgIpc) is 2.75. The number of aliphatic carboxylic acids is 1. The number of aryl methyl sites for hydroxylation is 1. The van der Waals surface area contributed by atoms with Gasteiger partial charge in [0.25, 0.3) is 5.91 Å². The van der Waals surface area contributed by atoms with E-state index >= 15 is 0 Å². The molecule has 0 saturated carbocycles. The summed E-state index contributed by atoms with van der Waals surface area (Å²) in [6.45, 7) is 2.64. The molecular weight excluding hydrogens is 222 g/mol. The lowest BCUT2D eigenvalue weighted by Crippen LogP contribution is -2.42. The molecule has 1 atom stereocenters. The maximum Gasteiger partial charge on any atom is 0.308 e. The van der Waals surface area contributed by atoms with E-state index in [-0.39, 0.29) is 18.2 Å². The van der Waals surface area contributed by atoms with E-state index in [1.165, 1.54) is 0 Å². The zero-order valence-electron chi connectivity index (χ0n) is 9.68. The van der Waals surface area contributed by atoms with Crippen LogP contribution in [-0.4, -0.2) is 35.0 Å². The molecule has 0 unspecified atom stereocenters. The predicted molar refractivity (Wildman–Crippen MR) is 59.7 cm³/mol. The van der Waals surface area contributed by atoms with Gasteiger partial charge in [0.15, 0.2) is 5.76 Å². The number of likely N-dealkylation sites (tertiary alicyclic amines) is 1. The first-order valence-electron chi connectivity index (χ1n) is 5.66. The minimum absolute atomic E-state index is 0.218. The van der Waals surface area contributed by atoms with E-state index in [0.717, 1.165) is 6.42 Å². The van der Waals surface area contributed by atoms with Gasteiger partial charge < -0.3 is 14.4 Å². The first-order valence-corrected chi connectivity index (χ1v) is 5.66. The van der Waals surface area contributed by atoms with Crippen LogP contribution < -0.4 is 0 Å². The summed E-state index contributed by atoms with van der Waals surface area (Å²) in [5.41, 5.74) is 0. The van der Waals surface area contributed by atoms with E-state index in [1.54, 1.807) is 24.0 Å². The normalized spacial score (nSPS) is 20.3. The van der Waals surface area contributed by atoms with Gasteiger partial charge in [-0.05, 0) is 31.9 Å². The van der Waals surface area contributed by atoms with Gasteiger partial charge in [-0.15, -0.1) is 0 Å². The van der Waals surface area contributed by atoms with Gasteiger partial charge in [-0.2, -0.15) is 0 Å². The third-order valence-corrected chi connectivity index (χ3v) is 3.01. The van der Waals surface area contributed by atoms with Crippen LogP contribution in [0.25, 0.3) is 0 Å². The largest absolute Gasteiger partial charge is 0.481 e. The fraction of sp³-hybridized carbons (Fsp3) is 0.500. The first-order chi connectivity index (χ1) is 8.08. The Morgan fingerprint density at radius 1 is 1.47 bits per heavy atom. The first kappa shape index (κ1) is 11.7. The molecule has 1 N–H and O–H groups in total. The van der Waals surface area contributed by atoms with E-state index in [4.69, 9.17) is 9.52 Å². The number of nitrogens with zero attached hydrogens (tertiary/aromatic N) is 1. The number of carboxylic acid groups (broad SMARTS) is 1. The monoisotopic (exact) mass is 237 g/mol. The molecule has 1 aromatic heterocycles. The molecule has 5 nitrogen and oxygen atoms in total. The van der Waals surface area contributed by atoms with Crippen molar-refractivity contribution in [3.05, 3.63) is 23.7 Å². The highest BCUT2D eigenvalue weighted by Crippen LogP contribution is 2.19. The van der Waals surface area contributed by atoms with Crippen molar-refractivity contribution < 1.29 is 19.1 Å². The Kier molecular flexibility index (Phi) is 3.17. The summed E-state index contributed by atoms with van der Waals surface area (Å²) in [5.74, 6) is -0.542. The Hall–Kier alpha value is -1.78. The standard InChI is InChI=1S/C12H15NO4/c1-8-4-5-10(17-8)11(14)13-6-2-3-9(7-13)12(15)16/h4-5,9H,2-3,6-7H2,1H3,(H,15,16)/t9-/m0/s1. The number of furan rings is 1. The van der Waals surface area contributed by atoms with Crippen LogP contribution in [0.1, 0.15) is 29.2 Å². The van der Waals surface area contributed by atoms with Crippen LogP contribution in [0.4, 0.5) is 0 Å². The van der Waals surface area contributed by atoms with Gasteiger partial charge in [0.2, 0.25) is 0 Å². The molecule has 0 aromatic carbocycles. The summed E-state index contributed by atoms with van der Waals surface area (Å²) >= 11 is 0. The van der Waals surface area contributed by atoms with Crippen LogP contribution in [0.2, 0.25) is 0 Å². The van der Waals surface area contributed by atoms with Crippen molar-refractivity contribution in [3.8, 4) is 0 Å². The Bertz CT molecular complexity index is 437. The van der Waals surface area contributed by atoms with Crippen molar-refractivity contribution in [1.82, 2.24) is 4.90 Å². The third-order valence-electron chi connectivity index (χ3n) is 3.01. The Labute approximate surface area is 99.0 Å². The SMILES string of the molecule is Cc1ccc(C(=O)N2CCC[C@H](C(=O)O)C2)o1. The van der Waals surface area contributed by atoms with Crippen LogP contribution >= 0.6 is 0 Å². The van der Waals surface area contributed by atoms with E-state index < -0.39 is 11.9 Å². The molecule has 1 fully saturated rings. The van der Waals surface area contributed by atoms with Gasteiger partial charge in [-0.3, -0.25) is 9.59 Å². The maximum absolute atomic E-state index is 12.0. The highest BCUT2D eigenvalue weighted by molar-refractivity contribution is 5.92. The fourth-order valence-corrected chi connectivity index (χ4v) is 2.07. The number of carbonyl (C=O) groups excluding carboxylic acids is 1. The topological polar surface area (TPSA) is 70.8 Å². The number of carbonyl (C=O) groups is 2. The molecule has 1 saturated heterocycles. The quantitative estimate of drug-likeness (QED) is 0.846. The lowest BCUT2D eigenvalue weighted by atomic mass is 9.98. The van der Waals surface area contributed by atoms with Gasteiger partial charge in [0, 0.05) is 13.1 Å². The lowest BCUT2D eigenvalue weighted by Gasteiger charge is -2.29. The molecule has 2 heterocycles. The molecule has 1 amide bonds. The summed E-state index contributed by atoms with van der Waals surface area (Å²) < 4.78 is 5.26. The number of piperidine rings is 1. The molecule has 0 aliphatic carbocycles. The second kappa shape index (κ2) is 4.61. The molecule has 0 bridgehead atoms. The molecule has 0 radical (unpaired) electrons. The van der Waals surface area contributed by atoms with Crippen LogP contribution in [0.5, 0.6) is 0 Å². The molecule has 1 aromatic rings. The minimum atomic E-state index is -0.835. The number of carboxylic acids is 1. The number of rotatable bonds is 2. The molecule has 0 spiro atoms. The van der Waals surface area contributed by atoms with Crippen LogP contribution in [0.15, 0.2) is 16.5 Å². The zero-order valence-corrected chi connectivity index (χ0v) is 9.68. The van der Waals surface area contributed by atoms with Crippen molar-refractivity contribution in [2.75, 3.05) is 13.1 Å². The lowest BCUT2D eigenvalue weighted by molar-refractivity contribution is -0.143. The number of hydrogen-bond donors (Lipinski definition) is 1. The number of hydrogen-bond acceptors (Lipinski definition) is 3. The molecule has 2 rings (SSSR count). The second-order valence-corrected chi connectivity index (χ2v) is 4.34. The summed E-state index contributed by atoms with van der Waals surface area (Å²) in [7, 11) is 0. The Morgan fingerprint density at radius 2 is 2.24 bits per heavy atom. The van der Waals surface area contributed by atoms with Gasteiger partial charge in [-0.25, -0.2) is 0 Å². The Morgan fingerprint density at radius 3 is 2.82 bits per heavy atom. The molecule has 17 heavy (non-hydrogen) atoms. The zero-order chi connectivity index (χ0) is 12.4. The molecule has 5 heteroatoms. The van der Waals surface area contributed by atoms with Crippen LogP contribution in [0, 0.1) is 12.8 Å². The van der Waals surface area contributed by atoms with E-state index in [0.29, 0.717) is 18.7 Å². The van der Waals surface area contributed by atoms with Crippen molar-refractivity contribution in [3.63, 3.8) is 0 Å². The van der Waals surface area contributed by atoms with Gasteiger partial charge >= 0.3 is 5.97 Å². The molecule has 92 valence electrons. The molecule has 1 aliphatic rings. The van der Waals surface area contributed by atoms with E-state index in [9.17, 15) is 9.59 Å². The summed E-state index contributed by atoms with van der Waals surface area (Å²) in [6, 6.07) is 3.36. The second-order valence-electron chi connectivity index (χ2n) is 4.34. The van der Waals surface area contributed by atoms with E-state index in [2.05, 4.69) is 0 Å². The summed E-state index contributed by atoms with van der Waals surface area (Å²) in [6.07, 6.45) is 1.36. The van der Waals surface area contributed by atoms with Gasteiger partial charge in [0.05, 0.1) is 5.92 Å². The number of amides is 1. The van der Waals surface area contributed by atoms with E-state index in [1.807, 2.05) is 0 Å². The molecule has 1 aliphatic heterocycles. The smallest absolute Gasteiger partial charge is 0.308 e. The van der Waals surface area contributed by atoms with Crippen molar-refractivity contribution in [2.45, 2.75) is 19.8 Å². The predicted octanol–water partition coefficient (Wildman–Crippen LogP) is 1.52. The van der Waals surface area contributed by atoms with Crippen molar-refractivity contribution in [2.24, 2.45) is 5.92 Å². The van der Waals surface area contributed by atoms with Crippen molar-refractivity contribution in [1.29, 1.82) is 0 Å². The third kappa shape index (κ3) is 2.49. The highest BCUT2D eigenvalue weighted by atomic mass is 16.4. The molecular formula is C12H15NO4. The highest BCUT2D eigenvalue weighted by Gasteiger charge is 2.29. The Balaban J connectivity index is 2.07. The van der Waals surface area contributed by atoms with Gasteiger partial charge in [-0.1, -0.05) is 0 Å². The van der Waals surface area contributed by atoms with Crippen LogP contribution in [-0.2, 0) is 4.79 Å². The van der Waals surface area contributed by atoms with Crippen molar-refractivity contribution >= 4 is 11.9 Å². The minimum Gasteiger partial charge on any atom is -0.481 e. The van der Waals surface area contributed by atoms with Gasteiger partial charge in [0.1, 0.15) is 5.76 Å². The average molecular weight is 237 g/mol. The van der Waals surface area contributed by atoms with Crippen LogP contribution in [0.3, 0.4) is 0 Å². The summed E-state index contributed by atoms with van der Waals surface area (Å²) in [5, 5.41) is 8.95. The maximum atomic E-state index is 12.0. The summed E-state index contributed by atoms with van der Waals surface area (Å²) in [4.78, 5) is 24.5. The fourth-order valence-electron chi connectivity index (χ4n) is 2.07.